The van der Waals surface area contributed by atoms with Gasteiger partial charge in [0.15, 0.2) is 5.82 Å². The molecule has 0 aromatic carbocycles. The lowest BCUT2D eigenvalue weighted by atomic mass is 10.1. The van der Waals surface area contributed by atoms with E-state index < -0.39 is 0 Å². The van der Waals surface area contributed by atoms with Crippen LogP contribution < -0.4 is 5.32 Å². The van der Waals surface area contributed by atoms with Crippen molar-refractivity contribution in [3.05, 3.63) is 29.6 Å². The number of hydrogen-bond acceptors (Lipinski definition) is 6. The van der Waals surface area contributed by atoms with Crippen LogP contribution in [0.15, 0.2) is 12.4 Å². The van der Waals surface area contributed by atoms with Crippen LogP contribution in [0.5, 0.6) is 0 Å². The van der Waals surface area contributed by atoms with Crippen LogP contribution in [0.1, 0.15) is 47.8 Å². The molecule has 1 amide bonds. The van der Waals surface area contributed by atoms with Gasteiger partial charge in [-0.05, 0) is 13.3 Å². The summed E-state index contributed by atoms with van der Waals surface area (Å²) in [5, 5.41) is 16.5. The summed E-state index contributed by atoms with van der Waals surface area (Å²) < 4.78 is 0. The third-order valence-corrected chi connectivity index (χ3v) is 2.57. The number of nitrogens with one attached hydrogen (secondary N) is 2. The van der Waals surface area contributed by atoms with Crippen molar-refractivity contribution in [2.24, 2.45) is 0 Å². The summed E-state index contributed by atoms with van der Waals surface area (Å²) in [6.45, 7) is 3.83. The van der Waals surface area contributed by atoms with Crippen molar-refractivity contribution in [2.45, 2.75) is 32.7 Å². The Morgan fingerprint density at radius 2 is 2.26 bits per heavy atom. The minimum atomic E-state index is -0.296. The van der Waals surface area contributed by atoms with Crippen LogP contribution in [-0.4, -0.2) is 36.5 Å². The van der Waals surface area contributed by atoms with E-state index in [4.69, 9.17) is 0 Å². The lowest BCUT2D eigenvalue weighted by Crippen LogP contribution is -2.30. The Bertz CT molecular complexity index is 522. The third-order valence-electron chi connectivity index (χ3n) is 2.57. The molecule has 2 aromatic rings. The first kappa shape index (κ1) is 13.1. The van der Waals surface area contributed by atoms with Gasteiger partial charge in [-0.25, -0.2) is 4.98 Å². The number of hydrogen-bond donors (Lipinski definition) is 2. The third kappa shape index (κ3) is 3.30. The van der Waals surface area contributed by atoms with Crippen molar-refractivity contribution in [2.75, 3.05) is 0 Å². The van der Waals surface area contributed by atoms with Crippen molar-refractivity contribution in [3.63, 3.8) is 0 Å². The summed E-state index contributed by atoms with van der Waals surface area (Å²) in [5.41, 5.74) is 1.04. The van der Waals surface area contributed by atoms with E-state index in [2.05, 4.69) is 35.9 Å². The van der Waals surface area contributed by atoms with Crippen LogP contribution in [0, 0.1) is 6.92 Å². The molecule has 0 saturated carbocycles. The van der Waals surface area contributed by atoms with Crippen LogP contribution in [0.4, 0.5) is 0 Å². The summed E-state index contributed by atoms with van der Waals surface area (Å²) in [4.78, 5) is 20.1. The van der Waals surface area contributed by atoms with E-state index in [1.807, 2.05) is 13.8 Å². The highest BCUT2D eigenvalue weighted by atomic mass is 16.2. The maximum atomic E-state index is 12.0. The smallest absolute Gasteiger partial charge is 0.272 e. The van der Waals surface area contributed by atoms with E-state index in [1.54, 1.807) is 6.20 Å². The van der Waals surface area contributed by atoms with Crippen LogP contribution >= 0.6 is 0 Å². The molecular formula is C11H15N7O. The number of carbonyl (C=O) groups is 1. The van der Waals surface area contributed by atoms with Crippen molar-refractivity contribution in [1.29, 1.82) is 0 Å². The van der Waals surface area contributed by atoms with Gasteiger partial charge in [0, 0.05) is 6.20 Å². The van der Waals surface area contributed by atoms with Crippen molar-refractivity contribution >= 4 is 5.91 Å². The molecular weight excluding hydrogens is 246 g/mol. The van der Waals surface area contributed by atoms with Gasteiger partial charge in [0.25, 0.3) is 5.91 Å². The molecule has 2 aromatic heterocycles. The van der Waals surface area contributed by atoms with Gasteiger partial charge in [0.1, 0.15) is 5.69 Å². The van der Waals surface area contributed by atoms with Gasteiger partial charge in [0.05, 0.1) is 17.9 Å². The molecule has 0 aliphatic heterocycles. The number of amides is 1. The van der Waals surface area contributed by atoms with Gasteiger partial charge in [-0.2, -0.15) is 5.21 Å². The Hall–Kier alpha value is -2.38. The first-order valence-corrected chi connectivity index (χ1v) is 6.03. The van der Waals surface area contributed by atoms with Crippen molar-refractivity contribution in [3.8, 4) is 0 Å². The SMILES string of the molecule is CCCC(NC(=O)c1cnc(C)cn1)c1nn[nH]n1. The Morgan fingerprint density at radius 1 is 1.42 bits per heavy atom. The van der Waals surface area contributed by atoms with Gasteiger partial charge < -0.3 is 5.32 Å². The molecule has 0 spiro atoms. The van der Waals surface area contributed by atoms with Crippen molar-refractivity contribution < 1.29 is 4.79 Å². The number of aryl methyl sites for hydroxylation is 1. The molecule has 0 aliphatic carbocycles. The Morgan fingerprint density at radius 3 is 2.84 bits per heavy atom. The number of tetrazole rings is 1. The predicted molar refractivity (Wildman–Crippen MR) is 66.1 cm³/mol. The lowest BCUT2D eigenvalue weighted by Gasteiger charge is -2.13. The molecule has 8 heteroatoms. The molecule has 100 valence electrons. The van der Waals surface area contributed by atoms with E-state index in [9.17, 15) is 4.79 Å². The first-order chi connectivity index (χ1) is 9.20. The van der Waals surface area contributed by atoms with Crippen molar-refractivity contribution in [1.82, 2.24) is 35.9 Å². The maximum Gasteiger partial charge on any atom is 0.272 e. The second kappa shape index (κ2) is 5.98. The highest BCUT2D eigenvalue weighted by Crippen LogP contribution is 2.13. The second-order valence-corrected chi connectivity index (χ2v) is 4.13. The maximum absolute atomic E-state index is 12.0. The van der Waals surface area contributed by atoms with Gasteiger partial charge in [-0.15, -0.1) is 10.2 Å². The summed E-state index contributed by atoms with van der Waals surface area (Å²) in [6.07, 6.45) is 4.62. The summed E-state index contributed by atoms with van der Waals surface area (Å²) >= 11 is 0. The topological polar surface area (TPSA) is 109 Å². The number of rotatable bonds is 5. The van der Waals surface area contributed by atoms with Gasteiger partial charge in [-0.1, -0.05) is 18.6 Å². The van der Waals surface area contributed by atoms with Gasteiger partial charge >= 0.3 is 0 Å². The summed E-state index contributed by atoms with van der Waals surface area (Å²) in [6, 6.07) is -0.278. The average molecular weight is 261 g/mol. The standard InChI is InChI=1S/C11H15N7O/c1-3-4-8(10-15-17-18-16-10)14-11(19)9-6-12-7(2)5-13-9/h5-6,8H,3-4H2,1-2H3,(H,14,19)(H,15,16,17,18). The molecule has 2 N–H and O–H groups in total. The summed E-state index contributed by atoms with van der Waals surface area (Å²) in [7, 11) is 0. The fourth-order valence-corrected chi connectivity index (χ4v) is 1.61. The van der Waals surface area contributed by atoms with Gasteiger partial charge in [0.2, 0.25) is 0 Å². The molecule has 8 nitrogen and oxygen atoms in total. The molecule has 0 saturated heterocycles. The van der Waals surface area contributed by atoms with Crippen LogP contribution in [0.25, 0.3) is 0 Å². The Labute approximate surface area is 110 Å². The zero-order valence-electron chi connectivity index (χ0n) is 10.8. The van der Waals surface area contributed by atoms with E-state index in [-0.39, 0.29) is 17.6 Å². The van der Waals surface area contributed by atoms with Crippen LogP contribution in [0.2, 0.25) is 0 Å². The molecule has 1 atom stereocenters. The number of aromatic nitrogens is 6. The fourth-order valence-electron chi connectivity index (χ4n) is 1.61. The number of H-pyrrole nitrogens is 1. The largest absolute Gasteiger partial charge is 0.340 e. The molecule has 0 fully saturated rings. The highest BCUT2D eigenvalue weighted by molar-refractivity contribution is 5.92. The highest BCUT2D eigenvalue weighted by Gasteiger charge is 2.19. The molecule has 0 bridgehead atoms. The lowest BCUT2D eigenvalue weighted by molar-refractivity contribution is 0.0927. The molecule has 0 aliphatic rings. The molecule has 19 heavy (non-hydrogen) atoms. The van der Waals surface area contributed by atoms with E-state index in [0.29, 0.717) is 5.82 Å². The number of aromatic amines is 1. The summed E-state index contributed by atoms with van der Waals surface area (Å²) in [5.74, 6) is 0.172. The average Bonchev–Trinajstić information content (AvgIpc) is 2.92. The zero-order chi connectivity index (χ0) is 13.7. The van der Waals surface area contributed by atoms with E-state index >= 15 is 0 Å². The molecule has 0 radical (unpaired) electrons. The van der Waals surface area contributed by atoms with Crippen LogP contribution in [0.3, 0.4) is 0 Å². The van der Waals surface area contributed by atoms with E-state index in [0.717, 1.165) is 18.5 Å². The Kier molecular flexibility index (Phi) is 4.11. The van der Waals surface area contributed by atoms with Crippen LogP contribution in [-0.2, 0) is 0 Å². The monoisotopic (exact) mass is 261 g/mol. The predicted octanol–water partition coefficient (Wildman–Crippen LogP) is 0.569. The molecule has 2 rings (SSSR count). The normalized spacial score (nSPS) is 12.1. The Balaban J connectivity index is 2.09. The molecule has 2 heterocycles. The van der Waals surface area contributed by atoms with E-state index in [1.165, 1.54) is 6.20 Å². The second-order valence-electron chi connectivity index (χ2n) is 4.13. The quantitative estimate of drug-likeness (QED) is 0.814. The minimum absolute atomic E-state index is 0.273. The number of carbonyl (C=O) groups excluding carboxylic acids is 1. The van der Waals surface area contributed by atoms with Gasteiger partial charge in [-0.3, -0.25) is 9.78 Å². The minimum Gasteiger partial charge on any atom is -0.340 e. The molecule has 1 unspecified atom stereocenters. The number of nitrogens with zero attached hydrogens (tertiary/aromatic N) is 5. The first-order valence-electron chi connectivity index (χ1n) is 6.03. The zero-order valence-corrected chi connectivity index (χ0v) is 10.8. The fraction of sp³-hybridized carbons (Fsp3) is 0.455.